The van der Waals surface area contributed by atoms with Crippen molar-refractivity contribution < 1.29 is 4.42 Å². The molecule has 4 nitrogen and oxygen atoms in total. The first kappa shape index (κ1) is 30.6. The standard InChI is InChI=1S/C49H31N3O/c1-3-11-32(12-4-1)34-21-24-36(25-22-34)47-50-48(40-17-9-15-37(29-40)33-13-5-2-6-14-33)52-49(51-47)41-18-10-16-38(30-41)39-26-23-35-27-28-43-42-19-7-8-20-45(42)53-46(43)44(35)31-39/h1-31H. The fourth-order valence-electron chi connectivity index (χ4n) is 7.19. The maximum absolute atomic E-state index is 6.40. The van der Waals surface area contributed by atoms with Gasteiger partial charge in [0.25, 0.3) is 0 Å². The summed E-state index contributed by atoms with van der Waals surface area (Å²) in [5, 5.41) is 4.47. The van der Waals surface area contributed by atoms with E-state index in [0.29, 0.717) is 17.5 Å². The molecule has 0 radical (unpaired) electrons. The van der Waals surface area contributed by atoms with Crippen LogP contribution in [0.5, 0.6) is 0 Å². The van der Waals surface area contributed by atoms with Crippen LogP contribution >= 0.6 is 0 Å². The highest BCUT2D eigenvalue weighted by Gasteiger charge is 2.15. The first-order chi connectivity index (χ1) is 26.2. The molecule has 0 fully saturated rings. The largest absolute Gasteiger partial charge is 0.455 e. The summed E-state index contributed by atoms with van der Waals surface area (Å²) in [4.78, 5) is 15.3. The number of benzene rings is 8. The predicted octanol–water partition coefficient (Wildman–Crippen LogP) is 12.9. The zero-order valence-corrected chi connectivity index (χ0v) is 28.6. The lowest BCUT2D eigenvalue weighted by atomic mass is 9.98. The van der Waals surface area contributed by atoms with Crippen molar-refractivity contribution in [1.29, 1.82) is 0 Å². The van der Waals surface area contributed by atoms with Gasteiger partial charge in [0, 0.05) is 32.8 Å². The van der Waals surface area contributed by atoms with Crippen LogP contribution in [0.4, 0.5) is 0 Å². The van der Waals surface area contributed by atoms with Gasteiger partial charge in [-0.1, -0.05) is 158 Å². The van der Waals surface area contributed by atoms with E-state index in [2.05, 4.69) is 164 Å². The van der Waals surface area contributed by atoms with Crippen molar-refractivity contribution in [3.8, 4) is 67.5 Å². The molecule has 0 spiro atoms. The van der Waals surface area contributed by atoms with Crippen molar-refractivity contribution in [2.45, 2.75) is 0 Å². The molecule has 53 heavy (non-hydrogen) atoms. The van der Waals surface area contributed by atoms with Crippen LogP contribution in [0.3, 0.4) is 0 Å². The second kappa shape index (κ2) is 12.9. The molecule has 0 N–H and O–H groups in total. The molecule has 0 bridgehead atoms. The zero-order chi connectivity index (χ0) is 35.1. The molecule has 2 heterocycles. The molecule has 248 valence electrons. The molecule has 0 aliphatic heterocycles. The fraction of sp³-hybridized carbons (Fsp3) is 0. The summed E-state index contributed by atoms with van der Waals surface area (Å²) in [6.07, 6.45) is 0. The van der Waals surface area contributed by atoms with Crippen molar-refractivity contribution in [1.82, 2.24) is 15.0 Å². The quantitative estimate of drug-likeness (QED) is 0.176. The third-order valence-electron chi connectivity index (χ3n) is 9.93. The summed E-state index contributed by atoms with van der Waals surface area (Å²) >= 11 is 0. The van der Waals surface area contributed by atoms with Crippen molar-refractivity contribution in [2.24, 2.45) is 0 Å². The first-order valence-electron chi connectivity index (χ1n) is 17.8. The molecule has 8 aromatic carbocycles. The summed E-state index contributed by atoms with van der Waals surface area (Å²) < 4.78 is 6.40. The monoisotopic (exact) mass is 677 g/mol. The molecule has 0 saturated heterocycles. The van der Waals surface area contributed by atoms with Gasteiger partial charge in [-0.25, -0.2) is 15.0 Å². The fourth-order valence-corrected chi connectivity index (χ4v) is 7.19. The Bertz CT molecular complexity index is 2930. The average Bonchev–Trinajstić information content (AvgIpc) is 3.64. The van der Waals surface area contributed by atoms with Gasteiger partial charge in [-0.3, -0.25) is 0 Å². The van der Waals surface area contributed by atoms with Crippen LogP contribution in [0.2, 0.25) is 0 Å². The second-order valence-corrected chi connectivity index (χ2v) is 13.3. The van der Waals surface area contributed by atoms with Crippen molar-refractivity contribution in [2.75, 3.05) is 0 Å². The Kier molecular flexibility index (Phi) is 7.43. The third-order valence-corrected chi connectivity index (χ3v) is 9.93. The van der Waals surface area contributed by atoms with Crippen LogP contribution in [0.1, 0.15) is 0 Å². The number of furan rings is 1. The number of fused-ring (bicyclic) bond motifs is 5. The van der Waals surface area contributed by atoms with Crippen LogP contribution in [0, 0.1) is 0 Å². The van der Waals surface area contributed by atoms with Crippen molar-refractivity contribution in [3.05, 3.63) is 188 Å². The van der Waals surface area contributed by atoms with Gasteiger partial charge in [-0.15, -0.1) is 0 Å². The molecule has 0 unspecified atom stereocenters. The molecule has 0 amide bonds. The van der Waals surface area contributed by atoms with E-state index < -0.39 is 0 Å². The summed E-state index contributed by atoms with van der Waals surface area (Å²) in [7, 11) is 0. The minimum Gasteiger partial charge on any atom is -0.455 e. The maximum Gasteiger partial charge on any atom is 0.164 e. The predicted molar refractivity (Wildman–Crippen MR) is 217 cm³/mol. The number of aromatic nitrogens is 3. The Morgan fingerprint density at radius 1 is 0.283 bits per heavy atom. The maximum atomic E-state index is 6.40. The SMILES string of the molecule is c1ccc(-c2ccc(-c3nc(-c4cccc(-c5ccccc5)c4)nc(-c4cccc(-c5ccc6ccc7c8ccccc8oc7c6c5)c4)n3)cc2)cc1. The topological polar surface area (TPSA) is 51.8 Å². The number of para-hydroxylation sites is 1. The lowest BCUT2D eigenvalue weighted by Crippen LogP contribution is -2.00. The van der Waals surface area contributed by atoms with Gasteiger partial charge >= 0.3 is 0 Å². The number of nitrogens with zero attached hydrogens (tertiary/aromatic N) is 3. The van der Waals surface area contributed by atoms with Crippen LogP contribution < -0.4 is 0 Å². The molecule has 10 aromatic rings. The molecule has 0 saturated carbocycles. The average molecular weight is 678 g/mol. The van der Waals surface area contributed by atoms with Gasteiger partial charge in [0.15, 0.2) is 17.5 Å². The minimum absolute atomic E-state index is 0.615. The number of rotatable bonds is 6. The van der Waals surface area contributed by atoms with E-state index in [1.165, 1.54) is 5.56 Å². The molecule has 0 aliphatic rings. The third kappa shape index (κ3) is 5.73. The van der Waals surface area contributed by atoms with Crippen LogP contribution in [0.25, 0.3) is 100 Å². The Morgan fingerprint density at radius 2 is 0.736 bits per heavy atom. The summed E-state index contributed by atoms with van der Waals surface area (Å²) in [5.41, 5.74) is 11.3. The Morgan fingerprint density at radius 3 is 1.42 bits per heavy atom. The highest BCUT2D eigenvalue weighted by atomic mass is 16.3. The summed E-state index contributed by atoms with van der Waals surface area (Å²) in [6.45, 7) is 0. The minimum atomic E-state index is 0.615. The summed E-state index contributed by atoms with van der Waals surface area (Å²) in [5.74, 6) is 1.86. The van der Waals surface area contributed by atoms with Gasteiger partial charge in [-0.2, -0.15) is 0 Å². The van der Waals surface area contributed by atoms with Gasteiger partial charge < -0.3 is 4.42 Å². The molecule has 2 aromatic heterocycles. The van der Waals surface area contributed by atoms with Gasteiger partial charge in [0.2, 0.25) is 0 Å². The van der Waals surface area contributed by atoms with Crippen LogP contribution in [-0.4, -0.2) is 15.0 Å². The van der Waals surface area contributed by atoms with Gasteiger partial charge in [0.05, 0.1) is 0 Å². The highest BCUT2D eigenvalue weighted by molar-refractivity contribution is 6.15. The van der Waals surface area contributed by atoms with Gasteiger partial charge in [0.1, 0.15) is 11.2 Å². The molecule has 4 heteroatoms. The highest BCUT2D eigenvalue weighted by Crippen LogP contribution is 2.37. The molecule has 10 rings (SSSR count). The van der Waals surface area contributed by atoms with Crippen LogP contribution in [0.15, 0.2) is 192 Å². The smallest absolute Gasteiger partial charge is 0.164 e. The van der Waals surface area contributed by atoms with E-state index in [-0.39, 0.29) is 0 Å². The second-order valence-electron chi connectivity index (χ2n) is 13.3. The van der Waals surface area contributed by atoms with E-state index in [9.17, 15) is 0 Å². The van der Waals surface area contributed by atoms with E-state index in [0.717, 1.165) is 77.2 Å². The summed E-state index contributed by atoms with van der Waals surface area (Å²) in [6, 6.07) is 65.2. The number of hydrogen-bond donors (Lipinski definition) is 0. The molecule has 0 aliphatic carbocycles. The molecular formula is C49H31N3O. The van der Waals surface area contributed by atoms with Gasteiger partial charge in [-0.05, 0) is 69.1 Å². The van der Waals surface area contributed by atoms with E-state index >= 15 is 0 Å². The van der Waals surface area contributed by atoms with Crippen molar-refractivity contribution in [3.63, 3.8) is 0 Å². The normalized spacial score (nSPS) is 11.4. The van der Waals surface area contributed by atoms with Crippen LogP contribution in [-0.2, 0) is 0 Å². The lowest BCUT2D eigenvalue weighted by molar-refractivity contribution is 0.672. The van der Waals surface area contributed by atoms with E-state index in [4.69, 9.17) is 19.4 Å². The Labute approximate surface area is 306 Å². The Balaban J connectivity index is 1.09. The number of hydrogen-bond acceptors (Lipinski definition) is 4. The van der Waals surface area contributed by atoms with Crippen molar-refractivity contribution >= 4 is 32.7 Å². The molecule has 0 atom stereocenters. The van der Waals surface area contributed by atoms with E-state index in [1.54, 1.807) is 0 Å². The van der Waals surface area contributed by atoms with E-state index in [1.807, 2.05) is 24.3 Å². The first-order valence-corrected chi connectivity index (χ1v) is 17.8. The zero-order valence-electron chi connectivity index (χ0n) is 28.6. The molecular weight excluding hydrogens is 647 g/mol. The lowest BCUT2D eigenvalue weighted by Gasteiger charge is -2.11. The Hall–Kier alpha value is -7.17.